The fraction of sp³-hybridized carbons (Fsp3) is 0.231. The van der Waals surface area contributed by atoms with Gasteiger partial charge in [-0.25, -0.2) is 9.97 Å². The highest BCUT2D eigenvalue weighted by atomic mass is 15.1. The fourth-order valence-electron chi connectivity index (χ4n) is 2.22. The average Bonchev–Trinajstić information content (AvgIpc) is 2.75. The smallest absolute Gasteiger partial charge is 0.152 e. The van der Waals surface area contributed by atoms with E-state index in [0.717, 1.165) is 34.9 Å². The van der Waals surface area contributed by atoms with E-state index in [9.17, 15) is 0 Å². The van der Waals surface area contributed by atoms with Gasteiger partial charge in [-0.15, -0.1) is 0 Å². The number of rotatable bonds is 2. The second kappa shape index (κ2) is 3.73. The summed E-state index contributed by atoms with van der Waals surface area (Å²) in [6.07, 6.45) is 2.92. The largest absolute Gasteiger partial charge is 0.382 e. The van der Waals surface area contributed by atoms with E-state index in [0.29, 0.717) is 5.82 Å². The first-order valence-corrected chi connectivity index (χ1v) is 5.80. The Morgan fingerprint density at radius 2 is 2.12 bits per heavy atom. The van der Waals surface area contributed by atoms with Crippen LogP contribution in [0.25, 0.3) is 21.9 Å². The Bertz CT molecular complexity index is 684. The third-order valence-corrected chi connectivity index (χ3v) is 2.94. The van der Waals surface area contributed by atoms with Crippen LogP contribution in [0.15, 0.2) is 30.6 Å². The summed E-state index contributed by atoms with van der Waals surface area (Å²) in [5, 5.41) is 1.11. The third-order valence-electron chi connectivity index (χ3n) is 2.94. The zero-order valence-corrected chi connectivity index (χ0v) is 9.72. The Morgan fingerprint density at radius 3 is 2.94 bits per heavy atom. The lowest BCUT2D eigenvalue weighted by Gasteiger charge is -2.06. The molecule has 0 unspecified atom stereocenters. The van der Waals surface area contributed by atoms with Crippen molar-refractivity contribution >= 4 is 27.8 Å². The van der Waals surface area contributed by atoms with Gasteiger partial charge in [0.15, 0.2) is 5.82 Å². The predicted octanol–water partition coefficient (Wildman–Crippen LogP) is 2.58. The molecule has 0 saturated carbocycles. The molecule has 0 fully saturated rings. The summed E-state index contributed by atoms with van der Waals surface area (Å²) in [6.45, 7) is 3.10. The first-order valence-electron chi connectivity index (χ1n) is 5.80. The highest BCUT2D eigenvalue weighted by Crippen LogP contribution is 2.26. The number of imidazole rings is 1. The van der Waals surface area contributed by atoms with Crippen LogP contribution in [0.2, 0.25) is 0 Å². The SMILES string of the molecule is CCCn1cnc2c(N)nc3ccccc3c21. The van der Waals surface area contributed by atoms with E-state index >= 15 is 0 Å². The van der Waals surface area contributed by atoms with Crippen LogP contribution in [0, 0.1) is 0 Å². The lowest BCUT2D eigenvalue weighted by Crippen LogP contribution is -1.97. The number of aryl methyl sites for hydroxylation is 1. The van der Waals surface area contributed by atoms with Crippen molar-refractivity contribution in [3.8, 4) is 0 Å². The summed E-state index contributed by atoms with van der Waals surface area (Å²) < 4.78 is 2.15. The number of aromatic nitrogens is 3. The zero-order chi connectivity index (χ0) is 11.8. The molecular formula is C13H14N4. The molecule has 0 atom stereocenters. The van der Waals surface area contributed by atoms with E-state index in [4.69, 9.17) is 5.73 Å². The van der Waals surface area contributed by atoms with Crippen LogP contribution in [0.5, 0.6) is 0 Å². The molecule has 4 heteroatoms. The average molecular weight is 226 g/mol. The summed E-state index contributed by atoms with van der Waals surface area (Å²) in [7, 11) is 0. The summed E-state index contributed by atoms with van der Waals surface area (Å²) in [5.41, 5.74) is 8.77. The van der Waals surface area contributed by atoms with Gasteiger partial charge in [-0.1, -0.05) is 25.1 Å². The molecule has 3 rings (SSSR count). The van der Waals surface area contributed by atoms with E-state index in [-0.39, 0.29) is 0 Å². The molecule has 0 aliphatic heterocycles. The number of nitrogen functional groups attached to an aromatic ring is 1. The first kappa shape index (κ1) is 10.1. The van der Waals surface area contributed by atoms with Gasteiger partial charge in [0.25, 0.3) is 0 Å². The highest BCUT2D eigenvalue weighted by molar-refractivity contribution is 6.06. The van der Waals surface area contributed by atoms with Crippen LogP contribution in [0.4, 0.5) is 5.82 Å². The number of nitrogens with two attached hydrogens (primary N) is 1. The number of para-hydroxylation sites is 1. The molecule has 1 aromatic carbocycles. The van der Waals surface area contributed by atoms with Crippen LogP contribution in [-0.2, 0) is 6.54 Å². The van der Waals surface area contributed by atoms with Crippen molar-refractivity contribution < 1.29 is 0 Å². The number of pyridine rings is 1. The number of hydrogen-bond donors (Lipinski definition) is 1. The molecule has 4 nitrogen and oxygen atoms in total. The van der Waals surface area contributed by atoms with E-state index in [2.05, 4.69) is 27.5 Å². The van der Waals surface area contributed by atoms with Crippen LogP contribution in [0.1, 0.15) is 13.3 Å². The summed E-state index contributed by atoms with van der Waals surface area (Å²) >= 11 is 0. The molecular weight excluding hydrogens is 212 g/mol. The quantitative estimate of drug-likeness (QED) is 0.730. The molecule has 0 saturated heterocycles. The molecule has 0 amide bonds. The van der Waals surface area contributed by atoms with Crippen molar-refractivity contribution in [2.75, 3.05) is 5.73 Å². The van der Waals surface area contributed by atoms with Gasteiger partial charge in [0.1, 0.15) is 5.52 Å². The second-order valence-electron chi connectivity index (χ2n) is 4.15. The molecule has 0 spiro atoms. The van der Waals surface area contributed by atoms with Gasteiger partial charge in [-0.3, -0.25) is 0 Å². The molecule has 2 aromatic heterocycles. The lowest BCUT2D eigenvalue weighted by atomic mass is 10.2. The van der Waals surface area contributed by atoms with Gasteiger partial charge >= 0.3 is 0 Å². The topological polar surface area (TPSA) is 56.7 Å². The summed E-state index contributed by atoms with van der Waals surface area (Å²) in [6, 6.07) is 8.04. The second-order valence-corrected chi connectivity index (χ2v) is 4.15. The van der Waals surface area contributed by atoms with E-state index in [1.54, 1.807) is 0 Å². The van der Waals surface area contributed by atoms with Crippen LogP contribution in [-0.4, -0.2) is 14.5 Å². The number of benzene rings is 1. The maximum absolute atomic E-state index is 5.94. The Balaban J connectivity index is 2.47. The van der Waals surface area contributed by atoms with Gasteiger partial charge in [0.05, 0.1) is 17.4 Å². The van der Waals surface area contributed by atoms with Gasteiger partial charge < -0.3 is 10.3 Å². The number of fused-ring (bicyclic) bond motifs is 3. The normalized spacial score (nSPS) is 11.4. The number of nitrogens with zero attached hydrogens (tertiary/aromatic N) is 3. The molecule has 0 aliphatic rings. The van der Waals surface area contributed by atoms with Crippen molar-refractivity contribution in [1.29, 1.82) is 0 Å². The van der Waals surface area contributed by atoms with E-state index in [1.807, 2.05) is 24.5 Å². The third kappa shape index (κ3) is 1.45. The Labute approximate surface area is 99.1 Å². The minimum atomic E-state index is 0.508. The van der Waals surface area contributed by atoms with Gasteiger partial charge in [-0.2, -0.15) is 0 Å². The molecule has 2 heterocycles. The van der Waals surface area contributed by atoms with Crippen LogP contribution in [0.3, 0.4) is 0 Å². The Kier molecular flexibility index (Phi) is 2.21. The van der Waals surface area contributed by atoms with Gasteiger partial charge in [0.2, 0.25) is 0 Å². The molecule has 3 aromatic rings. The van der Waals surface area contributed by atoms with E-state index < -0.39 is 0 Å². The maximum Gasteiger partial charge on any atom is 0.152 e. The minimum absolute atomic E-state index is 0.508. The minimum Gasteiger partial charge on any atom is -0.382 e. The monoisotopic (exact) mass is 226 g/mol. The predicted molar refractivity (Wildman–Crippen MR) is 69.7 cm³/mol. The summed E-state index contributed by atoms with van der Waals surface area (Å²) in [5.74, 6) is 0.508. The van der Waals surface area contributed by atoms with Crippen LogP contribution >= 0.6 is 0 Å². The Hall–Kier alpha value is -2.10. The fourth-order valence-corrected chi connectivity index (χ4v) is 2.22. The zero-order valence-electron chi connectivity index (χ0n) is 9.72. The van der Waals surface area contributed by atoms with Crippen molar-refractivity contribution in [2.45, 2.75) is 19.9 Å². The van der Waals surface area contributed by atoms with Crippen molar-refractivity contribution in [2.24, 2.45) is 0 Å². The van der Waals surface area contributed by atoms with Crippen molar-refractivity contribution in [3.05, 3.63) is 30.6 Å². The van der Waals surface area contributed by atoms with Gasteiger partial charge in [0, 0.05) is 11.9 Å². The lowest BCUT2D eigenvalue weighted by molar-refractivity contribution is 0.698. The standard InChI is InChI=1S/C13H14N4/c1-2-7-17-8-15-11-12(17)9-5-3-4-6-10(9)16-13(11)14/h3-6,8H,2,7H2,1H3,(H2,14,16). The highest BCUT2D eigenvalue weighted by Gasteiger charge is 2.10. The number of anilines is 1. The molecule has 86 valence electrons. The molecule has 0 aliphatic carbocycles. The molecule has 0 bridgehead atoms. The number of hydrogen-bond acceptors (Lipinski definition) is 3. The first-order chi connectivity index (χ1) is 8.31. The molecule has 0 radical (unpaired) electrons. The van der Waals surface area contributed by atoms with Gasteiger partial charge in [-0.05, 0) is 12.5 Å². The van der Waals surface area contributed by atoms with Crippen molar-refractivity contribution in [3.63, 3.8) is 0 Å². The van der Waals surface area contributed by atoms with Crippen molar-refractivity contribution in [1.82, 2.24) is 14.5 Å². The van der Waals surface area contributed by atoms with Crippen LogP contribution < -0.4 is 5.73 Å². The Morgan fingerprint density at radius 1 is 1.29 bits per heavy atom. The molecule has 17 heavy (non-hydrogen) atoms. The maximum atomic E-state index is 5.94. The van der Waals surface area contributed by atoms with E-state index in [1.165, 1.54) is 0 Å². The summed E-state index contributed by atoms with van der Waals surface area (Å²) in [4.78, 5) is 8.74. The molecule has 2 N–H and O–H groups in total.